The van der Waals surface area contributed by atoms with Crippen LogP contribution >= 0.6 is 11.6 Å². The largest absolute Gasteiger partial charge is 0.381 e. The number of aromatic nitrogens is 1. The Labute approximate surface area is 163 Å². The second kappa shape index (κ2) is 7.41. The van der Waals surface area contributed by atoms with Gasteiger partial charge in [0.15, 0.2) is 0 Å². The first-order valence-electron chi connectivity index (χ1n) is 8.90. The lowest BCUT2D eigenvalue weighted by Crippen LogP contribution is -2.23. The molecule has 0 spiro atoms. The van der Waals surface area contributed by atoms with Gasteiger partial charge in [0, 0.05) is 37.7 Å². The predicted octanol–water partition coefficient (Wildman–Crippen LogP) is 4.81. The van der Waals surface area contributed by atoms with E-state index in [-0.39, 0.29) is 5.91 Å². The van der Waals surface area contributed by atoms with Gasteiger partial charge in [-0.3, -0.25) is 9.78 Å². The number of nitrogens with one attached hydrogen (secondary N) is 1. The summed E-state index contributed by atoms with van der Waals surface area (Å²) in [6.07, 6.45) is 3.54. The van der Waals surface area contributed by atoms with Crippen LogP contribution in [0.3, 0.4) is 0 Å². The number of aryl methyl sites for hydroxylation is 1. The van der Waals surface area contributed by atoms with Gasteiger partial charge in [-0.25, -0.2) is 0 Å². The Morgan fingerprint density at radius 1 is 1.07 bits per heavy atom. The molecule has 0 aliphatic carbocycles. The molecule has 1 aliphatic rings. The van der Waals surface area contributed by atoms with Crippen molar-refractivity contribution in [2.24, 2.45) is 0 Å². The van der Waals surface area contributed by atoms with E-state index in [0.29, 0.717) is 30.2 Å². The van der Waals surface area contributed by atoms with Crippen molar-refractivity contribution in [3.8, 4) is 0 Å². The average molecular weight is 378 g/mol. The number of carbonyl (C=O) groups excluding carboxylic acids is 1. The second-order valence-electron chi connectivity index (χ2n) is 6.85. The van der Waals surface area contributed by atoms with Crippen molar-refractivity contribution in [3.63, 3.8) is 0 Å². The number of nitrogens with zero attached hydrogens (tertiary/aromatic N) is 2. The topological polar surface area (TPSA) is 45.2 Å². The molecule has 0 saturated carbocycles. The number of hydrogen-bond acceptors (Lipinski definition) is 3. The number of pyridine rings is 1. The molecule has 1 amide bonds. The number of benzene rings is 2. The zero-order valence-corrected chi connectivity index (χ0v) is 15.8. The van der Waals surface area contributed by atoms with E-state index >= 15 is 0 Å². The van der Waals surface area contributed by atoms with Crippen LogP contribution in [0.5, 0.6) is 0 Å². The summed E-state index contributed by atoms with van der Waals surface area (Å²) in [5, 5.41) is 3.88. The van der Waals surface area contributed by atoms with Gasteiger partial charge in [-0.1, -0.05) is 41.4 Å². The van der Waals surface area contributed by atoms with Gasteiger partial charge >= 0.3 is 0 Å². The van der Waals surface area contributed by atoms with Crippen LogP contribution in [0.15, 0.2) is 60.9 Å². The third kappa shape index (κ3) is 3.81. The Morgan fingerprint density at radius 3 is 2.56 bits per heavy atom. The van der Waals surface area contributed by atoms with Crippen LogP contribution in [-0.2, 0) is 19.6 Å². The molecule has 1 aromatic heterocycles. The first-order chi connectivity index (χ1) is 13.1. The highest BCUT2D eigenvalue weighted by Gasteiger charge is 2.30. The molecule has 4 rings (SSSR count). The number of halogens is 1. The standard InChI is InChI=1S/C22H20ClN3O/c1-15-2-4-17(5-3-15)13-26-14-18-10-19(11-20(23)21(18)22(26)27)25-12-16-6-8-24-9-7-16/h2-11,25H,12-14H2,1H3. The smallest absolute Gasteiger partial charge is 0.256 e. The normalized spacial score (nSPS) is 13.0. The minimum Gasteiger partial charge on any atom is -0.381 e. The van der Waals surface area contributed by atoms with Crippen molar-refractivity contribution in [3.05, 3.63) is 93.8 Å². The molecule has 1 aliphatic heterocycles. The molecule has 0 bridgehead atoms. The molecule has 1 N–H and O–H groups in total. The van der Waals surface area contributed by atoms with Crippen LogP contribution in [0.1, 0.15) is 32.6 Å². The molecule has 5 heteroatoms. The maximum atomic E-state index is 12.8. The Bertz CT molecular complexity index is 971. The SMILES string of the molecule is Cc1ccc(CN2Cc3cc(NCc4ccncc4)cc(Cl)c3C2=O)cc1. The van der Waals surface area contributed by atoms with Crippen LogP contribution in [0.25, 0.3) is 0 Å². The van der Waals surface area contributed by atoms with Gasteiger partial charge < -0.3 is 10.2 Å². The molecule has 0 saturated heterocycles. The monoisotopic (exact) mass is 377 g/mol. The van der Waals surface area contributed by atoms with E-state index in [9.17, 15) is 4.79 Å². The number of fused-ring (bicyclic) bond motifs is 1. The number of rotatable bonds is 5. The highest BCUT2D eigenvalue weighted by atomic mass is 35.5. The third-order valence-corrected chi connectivity index (χ3v) is 5.07. The minimum atomic E-state index is -0.00346. The number of anilines is 1. The summed E-state index contributed by atoms with van der Waals surface area (Å²) in [5.74, 6) is -0.00346. The van der Waals surface area contributed by atoms with Gasteiger partial charge in [0.25, 0.3) is 5.91 Å². The van der Waals surface area contributed by atoms with Gasteiger partial charge in [-0.05, 0) is 47.9 Å². The van der Waals surface area contributed by atoms with Crippen molar-refractivity contribution >= 4 is 23.2 Å². The molecular weight excluding hydrogens is 358 g/mol. The highest BCUT2D eigenvalue weighted by Crippen LogP contribution is 2.33. The van der Waals surface area contributed by atoms with Gasteiger partial charge in [0.1, 0.15) is 0 Å². The van der Waals surface area contributed by atoms with Crippen molar-refractivity contribution in [2.75, 3.05) is 5.32 Å². The van der Waals surface area contributed by atoms with E-state index in [0.717, 1.165) is 22.4 Å². The van der Waals surface area contributed by atoms with Crippen molar-refractivity contribution in [1.29, 1.82) is 0 Å². The Morgan fingerprint density at radius 2 is 1.81 bits per heavy atom. The molecule has 2 aromatic carbocycles. The van der Waals surface area contributed by atoms with Gasteiger partial charge in [0.05, 0.1) is 10.6 Å². The number of carbonyl (C=O) groups is 1. The van der Waals surface area contributed by atoms with Crippen LogP contribution < -0.4 is 5.32 Å². The average Bonchev–Trinajstić information content (AvgIpc) is 2.98. The summed E-state index contributed by atoms with van der Waals surface area (Å²) in [5.41, 5.74) is 5.98. The lowest BCUT2D eigenvalue weighted by molar-refractivity contribution is 0.0767. The van der Waals surface area contributed by atoms with E-state index in [2.05, 4.69) is 41.5 Å². The number of amides is 1. The fourth-order valence-electron chi connectivity index (χ4n) is 3.31. The van der Waals surface area contributed by atoms with Crippen LogP contribution in [0.4, 0.5) is 5.69 Å². The molecular formula is C22H20ClN3O. The molecule has 4 nitrogen and oxygen atoms in total. The van der Waals surface area contributed by atoms with Crippen LogP contribution in [0.2, 0.25) is 5.02 Å². The Hall–Kier alpha value is -2.85. The van der Waals surface area contributed by atoms with E-state index in [1.54, 1.807) is 12.4 Å². The quantitative estimate of drug-likeness (QED) is 0.693. The van der Waals surface area contributed by atoms with Gasteiger partial charge in [-0.15, -0.1) is 0 Å². The molecule has 136 valence electrons. The second-order valence-corrected chi connectivity index (χ2v) is 7.26. The molecule has 0 unspecified atom stereocenters. The first kappa shape index (κ1) is 17.6. The van der Waals surface area contributed by atoms with E-state index in [4.69, 9.17) is 11.6 Å². The fraction of sp³-hybridized carbons (Fsp3) is 0.182. The number of hydrogen-bond donors (Lipinski definition) is 1. The van der Waals surface area contributed by atoms with E-state index in [1.807, 2.05) is 29.2 Å². The highest BCUT2D eigenvalue weighted by molar-refractivity contribution is 6.34. The summed E-state index contributed by atoms with van der Waals surface area (Å²) in [7, 11) is 0. The fourth-order valence-corrected chi connectivity index (χ4v) is 3.63. The summed E-state index contributed by atoms with van der Waals surface area (Å²) in [4.78, 5) is 18.7. The van der Waals surface area contributed by atoms with E-state index in [1.165, 1.54) is 5.56 Å². The zero-order valence-electron chi connectivity index (χ0n) is 15.1. The molecule has 3 aromatic rings. The molecule has 27 heavy (non-hydrogen) atoms. The summed E-state index contributed by atoms with van der Waals surface area (Å²) in [6.45, 7) is 3.90. The minimum absolute atomic E-state index is 0.00346. The lowest BCUT2D eigenvalue weighted by atomic mass is 10.1. The lowest BCUT2D eigenvalue weighted by Gasteiger charge is -2.15. The predicted molar refractivity (Wildman–Crippen MR) is 108 cm³/mol. The summed E-state index contributed by atoms with van der Waals surface area (Å²) < 4.78 is 0. The van der Waals surface area contributed by atoms with Crippen molar-refractivity contribution in [2.45, 2.75) is 26.6 Å². The van der Waals surface area contributed by atoms with Crippen LogP contribution in [-0.4, -0.2) is 15.8 Å². The Balaban J connectivity index is 1.50. The van der Waals surface area contributed by atoms with Gasteiger partial charge in [0.2, 0.25) is 0 Å². The first-order valence-corrected chi connectivity index (χ1v) is 9.28. The molecule has 0 fully saturated rings. The molecule has 0 atom stereocenters. The third-order valence-electron chi connectivity index (χ3n) is 4.77. The maximum Gasteiger partial charge on any atom is 0.256 e. The van der Waals surface area contributed by atoms with E-state index < -0.39 is 0 Å². The van der Waals surface area contributed by atoms with Crippen molar-refractivity contribution < 1.29 is 4.79 Å². The summed E-state index contributed by atoms with van der Waals surface area (Å²) in [6, 6.07) is 16.0. The van der Waals surface area contributed by atoms with Crippen LogP contribution in [0, 0.1) is 6.92 Å². The summed E-state index contributed by atoms with van der Waals surface area (Å²) >= 11 is 6.44. The van der Waals surface area contributed by atoms with Gasteiger partial charge in [-0.2, -0.15) is 0 Å². The zero-order chi connectivity index (χ0) is 18.8. The molecule has 0 radical (unpaired) electrons. The maximum absolute atomic E-state index is 12.8. The van der Waals surface area contributed by atoms with Crippen molar-refractivity contribution in [1.82, 2.24) is 9.88 Å². The molecule has 2 heterocycles. The Kier molecular flexibility index (Phi) is 4.82.